The Labute approximate surface area is 113 Å². The standard InChI is InChI=1S/C11H13IN2O3/c12-6-10(15)14-8-3-1-7(2-4-8)5-9(13)11(16)17/h1-4,9H,5-6,13H2,(H,14,15)(H,16,17)/t9-/m0/s1. The van der Waals surface area contributed by atoms with E-state index in [4.69, 9.17) is 10.8 Å². The van der Waals surface area contributed by atoms with E-state index in [1.54, 1.807) is 24.3 Å². The van der Waals surface area contributed by atoms with Crippen molar-refractivity contribution in [3.8, 4) is 0 Å². The highest BCUT2D eigenvalue weighted by Gasteiger charge is 2.11. The lowest BCUT2D eigenvalue weighted by molar-refractivity contribution is -0.138. The number of benzene rings is 1. The van der Waals surface area contributed by atoms with Gasteiger partial charge in [-0.3, -0.25) is 9.59 Å². The highest BCUT2D eigenvalue weighted by Crippen LogP contribution is 2.11. The van der Waals surface area contributed by atoms with Crippen molar-refractivity contribution in [3.63, 3.8) is 0 Å². The van der Waals surface area contributed by atoms with Gasteiger partial charge >= 0.3 is 5.97 Å². The van der Waals surface area contributed by atoms with Crippen molar-refractivity contribution in [2.45, 2.75) is 12.5 Å². The number of carbonyl (C=O) groups is 2. The third-order valence-electron chi connectivity index (χ3n) is 2.13. The van der Waals surface area contributed by atoms with Gasteiger partial charge in [-0.25, -0.2) is 0 Å². The normalized spacial score (nSPS) is 11.9. The number of alkyl halides is 1. The summed E-state index contributed by atoms with van der Waals surface area (Å²) in [4.78, 5) is 21.7. The molecule has 5 nitrogen and oxygen atoms in total. The van der Waals surface area contributed by atoms with Crippen LogP contribution in [-0.4, -0.2) is 27.5 Å². The third-order valence-corrected chi connectivity index (χ3v) is 2.82. The molecule has 1 aromatic carbocycles. The number of carbonyl (C=O) groups excluding carboxylic acids is 1. The topological polar surface area (TPSA) is 92.4 Å². The Bertz CT molecular complexity index is 406. The van der Waals surface area contributed by atoms with Gasteiger partial charge in [-0.1, -0.05) is 34.7 Å². The number of aliphatic carboxylic acids is 1. The van der Waals surface area contributed by atoms with Crippen LogP contribution in [0, 0.1) is 0 Å². The molecule has 0 spiro atoms. The summed E-state index contributed by atoms with van der Waals surface area (Å²) < 4.78 is 0.392. The van der Waals surface area contributed by atoms with E-state index >= 15 is 0 Å². The van der Waals surface area contributed by atoms with E-state index in [1.807, 2.05) is 22.6 Å². The molecule has 0 saturated heterocycles. The summed E-state index contributed by atoms with van der Waals surface area (Å²) in [6, 6.07) is 6.07. The van der Waals surface area contributed by atoms with Crippen LogP contribution in [0.2, 0.25) is 0 Å². The fraction of sp³-hybridized carbons (Fsp3) is 0.273. The van der Waals surface area contributed by atoms with Gasteiger partial charge in [0.25, 0.3) is 0 Å². The van der Waals surface area contributed by atoms with Gasteiger partial charge in [-0.05, 0) is 24.1 Å². The molecule has 0 heterocycles. The summed E-state index contributed by atoms with van der Waals surface area (Å²) in [5.74, 6) is -1.09. The summed E-state index contributed by atoms with van der Waals surface area (Å²) in [7, 11) is 0. The van der Waals surface area contributed by atoms with Crippen LogP contribution >= 0.6 is 22.6 Å². The molecule has 17 heavy (non-hydrogen) atoms. The molecule has 1 atom stereocenters. The minimum Gasteiger partial charge on any atom is -0.480 e. The Morgan fingerprint density at radius 1 is 1.35 bits per heavy atom. The molecule has 0 aliphatic rings. The molecule has 0 aliphatic carbocycles. The molecule has 0 saturated carbocycles. The fourth-order valence-corrected chi connectivity index (χ4v) is 1.45. The van der Waals surface area contributed by atoms with Crippen LogP contribution < -0.4 is 11.1 Å². The predicted octanol–water partition coefficient (Wildman–Crippen LogP) is 1.01. The highest BCUT2D eigenvalue weighted by molar-refractivity contribution is 14.1. The number of amides is 1. The van der Waals surface area contributed by atoms with Crippen LogP contribution in [0.5, 0.6) is 0 Å². The first-order valence-corrected chi connectivity index (χ1v) is 6.48. The van der Waals surface area contributed by atoms with Crippen molar-refractivity contribution in [2.24, 2.45) is 5.73 Å². The monoisotopic (exact) mass is 348 g/mol. The van der Waals surface area contributed by atoms with Gasteiger partial charge < -0.3 is 16.2 Å². The largest absolute Gasteiger partial charge is 0.480 e. The molecular formula is C11H13IN2O3. The van der Waals surface area contributed by atoms with Gasteiger partial charge in [0.1, 0.15) is 6.04 Å². The first-order chi connectivity index (χ1) is 8.02. The highest BCUT2D eigenvalue weighted by atomic mass is 127. The lowest BCUT2D eigenvalue weighted by Crippen LogP contribution is -2.32. The van der Waals surface area contributed by atoms with E-state index in [0.717, 1.165) is 5.56 Å². The average Bonchev–Trinajstić information content (AvgIpc) is 2.31. The summed E-state index contributed by atoms with van der Waals surface area (Å²) >= 11 is 1.98. The van der Waals surface area contributed by atoms with E-state index in [-0.39, 0.29) is 12.3 Å². The van der Waals surface area contributed by atoms with Gasteiger partial charge in [0, 0.05) is 5.69 Å². The Morgan fingerprint density at radius 2 is 1.94 bits per heavy atom. The molecule has 0 unspecified atom stereocenters. The molecule has 1 amide bonds. The maximum atomic E-state index is 11.1. The van der Waals surface area contributed by atoms with Crippen molar-refractivity contribution in [2.75, 3.05) is 9.74 Å². The Balaban J connectivity index is 2.62. The van der Waals surface area contributed by atoms with Crippen LogP contribution in [0.15, 0.2) is 24.3 Å². The number of hydrogen-bond acceptors (Lipinski definition) is 3. The van der Waals surface area contributed by atoms with Crippen LogP contribution in [0.25, 0.3) is 0 Å². The second-order valence-corrected chi connectivity index (χ2v) is 4.29. The Kier molecular flexibility index (Phi) is 5.36. The lowest BCUT2D eigenvalue weighted by atomic mass is 10.1. The van der Waals surface area contributed by atoms with Gasteiger partial charge in [-0.2, -0.15) is 0 Å². The van der Waals surface area contributed by atoms with E-state index < -0.39 is 12.0 Å². The average molecular weight is 348 g/mol. The molecule has 1 rings (SSSR count). The van der Waals surface area contributed by atoms with E-state index in [2.05, 4.69) is 5.32 Å². The second kappa shape index (κ2) is 6.55. The van der Waals surface area contributed by atoms with Crippen molar-refractivity contribution >= 4 is 40.2 Å². The zero-order chi connectivity index (χ0) is 12.8. The first kappa shape index (κ1) is 13.9. The minimum atomic E-state index is -1.02. The summed E-state index contributed by atoms with van der Waals surface area (Å²) in [5, 5.41) is 11.4. The maximum absolute atomic E-state index is 11.1. The van der Waals surface area contributed by atoms with Crippen molar-refractivity contribution in [1.29, 1.82) is 0 Å². The molecule has 0 fully saturated rings. The number of rotatable bonds is 5. The smallest absolute Gasteiger partial charge is 0.320 e. The second-order valence-electron chi connectivity index (χ2n) is 3.53. The van der Waals surface area contributed by atoms with Crippen molar-refractivity contribution in [1.82, 2.24) is 0 Å². The molecule has 4 N–H and O–H groups in total. The molecule has 0 aromatic heterocycles. The quantitative estimate of drug-likeness (QED) is 0.547. The fourth-order valence-electron chi connectivity index (χ4n) is 1.26. The molecule has 92 valence electrons. The summed E-state index contributed by atoms with van der Waals surface area (Å²) in [5.41, 5.74) is 6.94. The number of nitrogens with one attached hydrogen (secondary N) is 1. The SMILES string of the molecule is N[C@@H](Cc1ccc(NC(=O)CI)cc1)C(=O)O. The lowest BCUT2D eigenvalue weighted by Gasteiger charge is -2.07. The first-order valence-electron chi connectivity index (χ1n) is 4.96. The van der Waals surface area contributed by atoms with Gasteiger partial charge in [-0.15, -0.1) is 0 Å². The number of hydrogen-bond donors (Lipinski definition) is 3. The number of anilines is 1. The minimum absolute atomic E-state index is 0.0689. The molecule has 6 heteroatoms. The van der Waals surface area contributed by atoms with Crippen molar-refractivity contribution in [3.05, 3.63) is 29.8 Å². The van der Waals surface area contributed by atoms with Crippen LogP contribution in [0.4, 0.5) is 5.69 Å². The van der Waals surface area contributed by atoms with Gasteiger partial charge in [0.2, 0.25) is 5.91 Å². The van der Waals surface area contributed by atoms with E-state index in [0.29, 0.717) is 10.1 Å². The number of carboxylic acids is 1. The predicted molar refractivity (Wildman–Crippen MR) is 73.3 cm³/mol. The zero-order valence-corrected chi connectivity index (χ0v) is 11.2. The molecule has 0 aliphatic heterocycles. The van der Waals surface area contributed by atoms with Gasteiger partial charge in [0.15, 0.2) is 0 Å². The Morgan fingerprint density at radius 3 is 2.41 bits per heavy atom. The van der Waals surface area contributed by atoms with Crippen molar-refractivity contribution < 1.29 is 14.7 Å². The number of nitrogens with two attached hydrogens (primary N) is 1. The maximum Gasteiger partial charge on any atom is 0.320 e. The summed E-state index contributed by atoms with van der Waals surface area (Å²) in [6.07, 6.45) is 0.274. The van der Waals surface area contributed by atoms with Crippen LogP contribution in [0.3, 0.4) is 0 Å². The number of halogens is 1. The molecule has 0 radical (unpaired) electrons. The molecule has 1 aromatic rings. The van der Waals surface area contributed by atoms with E-state index in [9.17, 15) is 9.59 Å². The van der Waals surface area contributed by atoms with Crippen LogP contribution in [-0.2, 0) is 16.0 Å². The third kappa shape index (κ3) is 4.70. The Hall–Kier alpha value is -1.15. The molecule has 0 bridgehead atoms. The van der Waals surface area contributed by atoms with Gasteiger partial charge in [0.05, 0.1) is 4.43 Å². The molecular weight excluding hydrogens is 335 g/mol. The summed E-state index contributed by atoms with van der Waals surface area (Å²) in [6.45, 7) is 0. The zero-order valence-electron chi connectivity index (χ0n) is 9.02. The van der Waals surface area contributed by atoms with E-state index in [1.165, 1.54) is 0 Å². The van der Waals surface area contributed by atoms with Crippen LogP contribution in [0.1, 0.15) is 5.56 Å². The number of carboxylic acid groups (broad SMARTS) is 1.